The van der Waals surface area contributed by atoms with Crippen LogP contribution in [0, 0.1) is 18.2 Å². The third-order valence-electron chi connectivity index (χ3n) is 3.53. The van der Waals surface area contributed by atoms with Crippen LogP contribution in [0.15, 0.2) is 40.6 Å². The Morgan fingerprint density at radius 1 is 1.41 bits per heavy atom. The minimum absolute atomic E-state index is 0.193. The maximum absolute atomic E-state index is 13.4. The van der Waals surface area contributed by atoms with E-state index in [0.29, 0.717) is 24.4 Å². The van der Waals surface area contributed by atoms with E-state index in [1.54, 1.807) is 30.6 Å². The Bertz CT molecular complexity index is 834. The Kier molecular flexibility index (Phi) is 3.67. The average molecular weight is 293 g/mol. The summed E-state index contributed by atoms with van der Waals surface area (Å²) in [7, 11) is 0. The van der Waals surface area contributed by atoms with Gasteiger partial charge in [0.25, 0.3) is 0 Å². The molecule has 0 unspecified atom stereocenters. The van der Waals surface area contributed by atoms with Crippen molar-refractivity contribution in [2.45, 2.75) is 12.8 Å². The first kappa shape index (κ1) is 14.0. The summed E-state index contributed by atoms with van der Waals surface area (Å²) in [5.41, 5.74) is 3.15. The lowest BCUT2D eigenvalue weighted by Crippen LogP contribution is -2.09. The van der Waals surface area contributed by atoms with Crippen LogP contribution in [0.25, 0.3) is 0 Å². The molecule has 0 amide bonds. The zero-order chi connectivity index (χ0) is 15.5. The van der Waals surface area contributed by atoms with Crippen LogP contribution in [-0.2, 0) is 12.8 Å². The zero-order valence-corrected chi connectivity index (χ0v) is 11.6. The molecule has 0 saturated heterocycles. The van der Waals surface area contributed by atoms with Gasteiger partial charge in [-0.2, -0.15) is 0 Å². The number of oxime groups is 1. The molecule has 0 fully saturated rings. The summed E-state index contributed by atoms with van der Waals surface area (Å²) < 4.78 is 13.4. The Morgan fingerprint density at radius 2 is 2.27 bits per heavy atom. The van der Waals surface area contributed by atoms with Gasteiger partial charge in [-0.25, -0.2) is 14.4 Å². The number of fused-ring (bicyclic) bond motifs is 1. The summed E-state index contributed by atoms with van der Waals surface area (Å²) in [4.78, 5) is 8.35. The fourth-order valence-corrected chi connectivity index (χ4v) is 2.46. The predicted octanol–water partition coefficient (Wildman–Crippen LogP) is 2.88. The number of hydrogen-bond donors (Lipinski definition) is 1. The molecule has 1 aromatic heterocycles. The van der Waals surface area contributed by atoms with Crippen molar-refractivity contribution < 1.29 is 9.60 Å². The van der Waals surface area contributed by atoms with Crippen LogP contribution >= 0.6 is 0 Å². The smallest absolute Gasteiger partial charge is 0.155 e. The van der Waals surface area contributed by atoms with E-state index in [4.69, 9.17) is 6.42 Å². The predicted molar refractivity (Wildman–Crippen MR) is 82.5 cm³/mol. The average Bonchev–Trinajstić information content (AvgIpc) is 3.02. The molecule has 0 radical (unpaired) electrons. The maximum atomic E-state index is 13.4. The van der Waals surface area contributed by atoms with Crippen molar-refractivity contribution in [1.29, 1.82) is 0 Å². The second-order valence-corrected chi connectivity index (χ2v) is 4.86. The molecule has 2 heterocycles. The third-order valence-corrected chi connectivity index (χ3v) is 3.53. The van der Waals surface area contributed by atoms with Gasteiger partial charge in [0.15, 0.2) is 5.82 Å². The van der Waals surface area contributed by atoms with Crippen molar-refractivity contribution in [1.82, 2.24) is 4.98 Å². The highest BCUT2D eigenvalue weighted by molar-refractivity contribution is 6.04. The number of halogens is 1. The quantitative estimate of drug-likeness (QED) is 0.409. The standard InChI is InChI=1S/C17H12FN3O/c1-2-12-9-11(3-4-15(12)18)10-16(21-22)13-5-7-19-17-14(13)6-8-20-17/h1,3-5,7-9,22H,6,10H2/b21-16+. The molecule has 3 rings (SSSR count). The lowest BCUT2D eigenvalue weighted by atomic mass is 9.97. The summed E-state index contributed by atoms with van der Waals surface area (Å²) in [5, 5.41) is 12.8. The van der Waals surface area contributed by atoms with Crippen LogP contribution in [0.4, 0.5) is 10.2 Å². The molecule has 0 atom stereocenters. The molecule has 108 valence electrons. The van der Waals surface area contributed by atoms with E-state index < -0.39 is 5.82 Å². The SMILES string of the molecule is C#Cc1cc(C/C(=N\O)c2ccnc3c2CC=N3)ccc1F. The van der Waals surface area contributed by atoms with Crippen molar-refractivity contribution in [3.05, 3.63) is 58.5 Å². The van der Waals surface area contributed by atoms with Gasteiger partial charge in [-0.05, 0) is 23.8 Å². The molecular weight excluding hydrogens is 281 g/mol. The molecule has 0 saturated carbocycles. The van der Waals surface area contributed by atoms with Crippen LogP contribution in [-0.4, -0.2) is 22.1 Å². The van der Waals surface area contributed by atoms with Gasteiger partial charge in [-0.15, -0.1) is 6.42 Å². The highest BCUT2D eigenvalue weighted by atomic mass is 19.1. The largest absolute Gasteiger partial charge is 0.411 e. The van der Waals surface area contributed by atoms with Gasteiger partial charge in [-0.3, -0.25) is 0 Å². The van der Waals surface area contributed by atoms with E-state index in [9.17, 15) is 9.60 Å². The first-order valence-corrected chi connectivity index (χ1v) is 6.69. The number of rotatable bonds is 3. The fourth-order valence-electron chi connectivity index (χ4n) is 2.46. The molecule has 22 heavy (non-hydrogen) atoms. The van der Waals surface area contributed by atoms with Crippen LogP contribution in [0.1, 0.15) is 22.3 Å². The summed E-state index contributed by atoms with van der Waals surface area (Å²) in [6.07, 6.45) is 9.65. The molecule has 0 bridgehead atoms. The molecule has 1 aromatic carbocycles. The third kappa shape index (κ3) is 2.47. The lowest BCUT2D eigenvalue weighted by molar-refractivity contribution is 0.318. The summed E-state index contributed by atoms with van der Waals surface area (Å²) >= 11 is 0. The normalized spacial score (nSPS) is 13.0. The van der Waals surface area contributed by atoms with Crippen molar-refractivity contribution in [2.24, 2.45) is 10.1 Å². The van der Waals surface area contributed by atoms with E-state index in [1.807, 2.05) is 0 Å². The summed E-state index contributed by atoms with van der Waals surface area (Å²) in [6.45, 7) is 0. The van der Waals surface area contributed by atoms with Gasteiger partial charge in [-0.1, -0.05) is 17.1 Å². The van der Waals surface area contributed by atoms with Gasteiger partial charge in [0.05, 0.1) is 11.3 Å². The Hall–Kier alpha value is -3.00. The monoisotopic (exact) mass is 293 g/mol. The van der Waals surface area contributed by atoms with Crippen LogP contribution in [0.3, 0.4) is 0 Å². The maximum Gasteiger partial charge on any atom is 0.155 e. The van der Waals surface area contributed by atoms with Crippen molar-refractivity contribution in [2.75, 3.05) is 0 Å². The van der Waals surface area contributed by atoms with Crippen molar-refractivity contribution in [3.63, 3.8) is 0 Å². The van der Waals surface area contributed by atoms with Gasteiger partial charge >= 0.3 is 0 Å². The molecule has 4 nitrogen and oxygen atoms in total. The van der Waals surface area contributed by atoms with Gasteiger partial charge in [0, 0.05) is 36.4 Å². The van der Waals surface area contributed by atoms with E-state index in [0.717, 1.165) is 16.7 Å². The minimum Gasteiger partial charge on any atom is -0.411 e. The van der Waals surface area contributed by atoms with Gasteiger partial charge < -0.3 is 5.21 Å². The molecule has 5 heteroatoms. The lowest BCUT2D eigenvalue weighted by Gasteiger charge is -2.09. The number of hydrogen-bond acceptors (Lipinski definition) is 4. The number of terminal acetylenes is 1. The Labute approximate surface area is 127 Å². The number of nitrogens with zero attached hydrogens (tertiary/aromatic N) is 3. The minimum atomic E-state index is -0.438. The van der Waals surface area contributed by atoms with E-state index in [1.165, 1.54) is 6.07 Å². The zero-order valence-electron chi connectivity index (χ0n) is 11.6. The number of aromatic nitrogens is 1. The van der Waals surface area contributed by atoms with E-state index >= 15 is 0 Å². The van der Waals surface area contributed by atoms with E-state index in [-0.39, 0.29) is 5.56 Å². The van der Waals surface area contributed by atoms with Gasteiger partial charge in [0.1, 0.15) is 5.82 Å². The van der Waals surface area contributed by atoms with E-state index in [2.05, 4.69) is 21.1 Å². The molecule has 1 aliphatic rings. The number of aliphatic imine (C=N–C) groups is 1. The highest BCUT2D eigenvalue weighted by Gasteiger charge is 2.17. The molecule has 0 spiro atoms. The Morgan fingerprint density at radius 3 is 3.05 bits per heavy atom. The second kappa shape index (κ2) is 5.78. The Balaban J connectivity index is 1.95. The fraction of sp³-hybridized carbons (Fsp3) is 0.118. The number of pyridine rings is 1. The molecular formula is C17H12FN3O. The van der Waals surface area contributed by atoms with Crippen LogP contribution < -0.4 is 0 Å². The topological polar surface area (TPSA) is 57.8 Å². The second-order valence-electron chi connectivity index (χ2n) is 4.86. The van der Waals surface area contributed by atoms with Crippen molar-refractivity contribution >= 4 is 17.7 Å². The molecule has 1 N–H and O–H groups in total. The first-order chi connectivity index (χ1) is 10.7. The van der Waals surface area contributed by atoms with Crippen molar-refractivity contribution in [3.8, 4) is 12.3 Å². The summed E-state index contributed by atoms with van der Waals surface area (Å²) in [6, 6.07) is 6.31. The highest BCUT2D eigenvalue weighted by Crippen LogP contribution is 2.26. The molecule has 1 aliphatic heterocycles. The van der Waals surface area contributed by atoms with Crippen LogP contribution in [0.5, 0.6) is 0 Å². The van der Waals surface area contributed by atoms with Gasteiger partial charge in [0.2, 0.25) is 0 Å². The molecule has 0 aliphatic carbocycles. The summed E-state index contributed by atoms with van der Waals surface area (Å²) in [5.74, 6) is 2.50. The van der Waals surface area contributed by atoms with Crippen LogP contribution in [0.2, 0.25) is 0 Å². The first-order valence-electron chi connectivity index (χ1n) is 6.69. The number of benzene rings is 1. The molecule has 2 aromatic rings.